The highest BCUT2D eigenvalue weighted by Gasteiger charge is 2.31. The zero-order chi connectivity index (χ0) is 20.4. The third-order valence-corrected chi connectivity index (χ3v) is 4.98. The predicted octanol–water partition coefficient (Wildman–Crippen LogP) is 2.24. The Labute approximate surface area is 162 Å². The van der Waals surface area contributed by atoms with Gasteiger partial charge < -0.3 is 19.5 Å². The summed E-state index contributed by atoms with van der Waals surface area (Å²) in [7, 11) is 0. The summed E-state index contributed by atoms with van der Waals surface area (Å²) in [5.41, 5.74) is 1.73. The topological polar surface area (TPSA) is 82.7 Å². The number of rotatable bonds is 4. The predicted molar refractivity (Wildman–Crippen MR) is 101 cm³/mol. The van der Waals surface area contributed by atoms with Gasteiger partial charge in [-0.1, -0.05) is 0 Å². The molecular weight excluding hydrogens is 365 g/mol. The van der Waals surface area contributed by atoms with Gasteiger partial charge >= 0.3 is 5.97 Å². The third kappa shape index (κ3) is 4.00. The summed E-state index contributed by atoms with van der Waals surface area (Å²) in [5, 5.41) is 0.807. The van der Waals surface area contributed by atoms with E-state index in [1.165, 1.54) is 12.1 Å². The Balaban J connectivity index is 1.68. The Morgan fingerprint density at radius 2 is 2.00 bits per heavy atom. The summed E-state index contributed by atoms with van der Waals surface area (Å²) in [6.07, 6.45) is -0.293. The maximum absolute atomic E-state index is 13.6. The first-order valence-electron chi connectivity index (χ1n) is 9.33. The minimum absolute atomic E-state index is 0.194. The number of H-pyrrole nitrogens is 1. The molecule has 1 aromatic heterocycles. The van der Waals surface area contributed by atoms with Gasteiger partial charge in [0, 0.05) is 36.6 Å². The molecule has 2 aromatic rings. The number of halogens is 1. The molecule has 1 atom stereocenters. The lowest BCUT2D eigenvalue weighted by Gasteiger charge is -2.39. The molecule has 150 valence electrons. The first kappa shape index (κ1) is 19.9. The summed E-state index contributed by atoms with van der Waals surface area (Å²) >= 11 is 0. The Morgan fingerprint density at radius 1 is 1.25 bits per heavy atom. The van der Waals surface area contributed by atoms with Gasteiger partial charge in [0.15, 0.2) is 0 Å². The number of piperazine rings is 1. The molecule has 1 fully saturated rings. The molecule has 2 heterocycles. The Bertz CT molecular complexity index is 924. The van der Waals surface area contributed by atoms with E-state index in [-0.39, 0.29) is 36.7 Å². The number of nitrogens with zero attached hydrogens (tertiary/aromatic N) is 2. The smallest absolute Gasteiger partial charge is 0.315 e. The SMILES string of the molecule is CCOC(=O)CC(=O)N1CCN(C(=O)c2cc3c(C)cc(F)cc3[nH]2)CC1C. The van der Waals surface area contributed by atoms with Crippen LogP contribution in [0.3, 0.4) is 0 Å². The van der Waals surface area contributed by atoms with Gasteiger partial charge in [0.2, 0.25) is 5.91 Å². The summed E-state index contributed by atoms with van der Waals surface area (Å²) in [4.78, 5) is 43.0. The van der Waals surface area contributed by atoms with Crippen molar-refractivity contribution in [3.63, 3.8) is 0 Å². The van der Waals surface area contributed by atoms with Crippen molar-refractivity contribution in [2.24, 2.45) is 0 Å². The molecule has 7 nitrogen and oxygen atoms in total. The minimum atomic E-state index is -0.543. The van der Waals surface area contributed by atoms with Gasteiger partial charge in [-0.15, -0.1) is 0 Å². The van der Waals surface area contributed by atoms with Crippen molar-refractivity contribution in [2.45, 2.75) is 33.2 Å². The number of aryl methyl sites for hydroxylation is 1. The molecule has 1 unspecified atom stereocenters. The first-order chi connectivity index (χ1) is 13.3. The van der Waals surface area contributed by atoms with Gasteiger partial charge in [-0.2, -0.15) is 0 Å². The van der Waals surface area contributed by atoms with E-state index in [0.29, 0.717) is 30.8 Å². The monoisotopic (exact) mass is 389 g/mol. The van der Waals surface area contributed by atoms with Crippen molar-refractivity contribution in [1.82, 2.24) is 14.8 Å². The molecule has 1 saturated heterocycles. The molecule has 3 rings (SSSR count). The van der Waals surface area contributed by atoms with E-state index >= 15 is 0 Å². The molecular formula is C20H24FN3O4. The molecule has 0 radical (unpaired) electrons. The number of benzene rings is 1. The molecule has 2 amide bonds. The fourth-order valence-corrected chi connectivity index (χ4v) is 3.61. The average molecular weight is 389 g/mol. The summed E-state index contributed by atoms with van der Waals surface area (Å²) in [5.74, 6) is -1.39. The van der Waals surface area contributed by atoms with Crippen LogP contribution in [0.2, 0.25) is 0 Å². The van der Waals surface area contributed by atoms with Crippen LogP contribution in [0.4, 0.5) is 4.39 Å². The van der Waals surface area contributed by atoms with Crippen LogP contribution in [-0.4, -0.2) is 64.9 Å². The number of fused-ring (bicyclic) bond motifs is 1. The van der Waals surface area contributed by atoms with Gasteiger partial charge in [0.1, 0.15) is 17.9 Å². The number of hydrogen-bond acceptors (Lipinski definition) is 4. The number of hydrogen-bond donors (Lipinski definition) is 1. The van der Waals surface area contributed by atoms with E-state index in [0.717, 1.165) is 10.9 Å². The maximum Gasteiger partial charge on any atom is 0.315 e. The number of aromatic amines is 1. The van der Waals surface area contributed by atoms with Crippen molar-refractivity contribution in [3.8, 4) is 0 Å². The number of carbonyl (C=O) groups is 3. The van der Waals surface area contributed by atoms with E-state index in [1.807, 2.05) is 6.92 Å². The highest BCUT2D eigenvalue weighted by Crippen LogP contribution is 2.23. The van der Waals surface area contributed by atoms with Crippen LogP contribution >= 0.6 is 0 Å². The highest BCUT2D eigenvalue weighted by molar-refractivity contribution is 5.99. The van der Waals surface area contributed by atoms with Crippen molar-refractivity contribution >= 4 is 28.7 Å². The number of carbonyl (C=O) groups excluding carboxylic acids is 3. The molecule has 1 aliphatic heterocycles. The van der Waals surface area contributed by atoms with Gasteiger partial charge in [-0.3, -0.25) is 14.4 Å². The normalized spacial score (nSPS) is 17.1. The second kappa shape index (κ2) is 8.00. The molecule has 0 spiro atoms. The second-order valence-electron chi connectivity index (χ2n) is 7.04. The van der Waals surface area contributed by atoms with Crippen LogP contribution in [-0.2, 0) is 14.3 Å². The second-order valence-corrected chi connectivity index (χ2v) is 7.04. The molecule has 28 heavy (non-hydrogen) atoms. The number of esters is 1. The van der Waals surface area contributed by atoms with E-state index in [2.05, 4.69) is 4.98 Å². The number of amides is 2. The number of aromatic nitrogens is 1. The van der Waals surface area contributed by atoms with Crippen LogP contribution in [0.15, 0.2) is 18.2 Å². The van der Waals surface area contributed by atoms with E-state index in [1.54, 1.807) is 29.7 Å². The molecule has 0 aliphatic carbocycles. The molecule has 8 heteroatoms. The fraction of sp³-hybridized carbons (Fsp3) is 0.450. The standard InChI is InChI=1S/C20H24FN3O4/c1-4-28-19(26)10-18(25)24-6-5-23(11-13(24)3)20(27)17-9-15-12(2)7-14(21)8-16(15)22-17/h7-9,13,22H,4-6,10-11H2,1-3H3. The van der Waals surface area contributed by atoms with Crippen LogP contribution < -0.4 is 0 Å². The Kier molecular flexibility index (Phi) is 5.67. The van der Waals surface area contributed by atoms with Crippen LogP contribution in [0, 0.1) is 12.7 Å². The highest BCUT2D eigenvalue weighted by atomic mass is 19.1. The lowest BCUT2D eigenvalue weighted by molar-refractivity contribution is -0.150. The van der Waals surface area contributed by atoms with Crippen LogP contribution in [0.25, 0.3) is 10.9 Å². The lowest BCUT2D eigenvalue weighted by Crippen LogP contribution is -2.55. The average Bonchev–Trinajstić information content (AvgIpc) is 3.05. The van der Waals surface area contributed by atoms with Crippen molar-refractivity contribution < 1.29 is 23.5 Å². The van der Waals surface area contributed by atoms with Crippen molar-refractivity contribution in [3.05, 3.63) is 35.3 Å². The Morgan fingerprint density at radius 3 is 2.68 bits per heavy atom. The molecule has 0 saturated carbocycles. The molecule has 1 aliphatic rings. The van der Waals surface area contributed by atoms with Gasteiger partial charge in [-0.25, -0.2) is 4.39 Å². The first-order valence-corrected chi connectivity index (χ1v) is 9.33. The quantitative estimate of drug-likeness (QED) is 0.642. The van der Waals surface area contributed by atoms with Crippen molar-refractivity contribution in [2.75, 3.05) is 26.2 Å². The molecule has 1 N–H and O–H groups in total. The zero-order valence-electron chi connectivity index (χ0n) is 16.3. The van der Waals surface area contributed by atoms with Gasteiger partial charge in [0.05, 0.1) is 6.61 Å². The summed E-state index contributed by atoms with van der Waals surface area (Å²) < 4.78 is 18.4. The van der Waals surface area contributed by atoms with Crippen LogP contribution in [0.1, 0.15) is 36.3 Å². The van der Waals surface area contributed by atoms with E-state index in [4.69, 9.17) is 4.74 Å². The maximum atomic E-state index is 13.6. The van der Waals surface area contributed by atoms with Crippen LogP contribution in [0.5, 0.6) is 0 Å². The number of nitrogens with one attached hydrogen (secondary N) is 1. The van der Waals surface area contributed by atoms with Gasteiger partial charge in [0.25, 0.3) is 5.91 Å². The fourth-order valence-electron chi connectivity index (χ4n) is 3.61. The molecule has 0 bridgehead atoms. The summed E-state index contributed by atoms with van der Waals surface area (Å²) in [6.45, 7) is 6.62. The summed E-state index contributed by atoms with van der Waals surface area (Å²) in [6, 6.07) is 4.31. The Hall–Kier alpha value is -2.90. The third-order valence-electron chi connectivity index (χ3n) is 4.98. The van der Waals surface area contributed by atoms with E-state index in [9.17, 15) is 18.8 Å². The minimum Gasteiger partial charge on any atom is -0.466 e. The number of ether oxygens (including phenoxy) is 1. The van der Waals surface area contributed by atoms with Gasteiger partial charge in [-0.05, 0) is 44.5 Å². The van der Waals surface area contributed by atoms with Crippen molar-refractivity contribution in [1.29, 1.82) is 0 Å². The largest absolute Gasteiger partial charge is 0.466 e. The zero-order valence-corrected chi connectivity index (χ0v) is 16.3. The molecule has 1 aromatic carbocycles. The lowest BCUT2D eigenvalue weighted by atomic mass is 10.1. The van der Waals surface area contributed by atoms with E-state index < -0.39 is 5.97 Å².